The molecule has 12 heteroatoms. The molecule has 85 heavy (non-hydrogen) atoms. The Bertz CT molecular complexity index is 1430. The number of rotatable bonds is 65. The van der Waals surface area contributed by atoms with Crippen LogP contribution < -0.4 is 0 Å². The van der Waals surface area contributed by atoms with Gasteiger partial charge in [-0.3, -0.25) is 24.1 Å². The van der Waals surface area contributed by atoms with E-state index < -0.39 is 0 Å². The van der Waals surface area contributed by atoms with Crippen LogP contribution in [0.15, 0.2) is 0 Å². The Labute approximate surface area is 526 Å². The lowest BCUT2D eigenvalue weighted by molar-refractivity contribution is -0.146. The summed E-state index contributed by atoms with van der Waals surface area (Å²) in [6.07, 6.45) is 54.7. The molecule has 1 aliphatic heterocycles. The summed E-state index contributed by atoms with van der Waals surface area (Å²) in [5, 5.41) is 0. The van der Waals surface area contributed by atoms with Gasteiger partial charge in [0.15, 0.2) is 0 Å². The highest BCUT2D eigenvalue weighted by atomic mass is 16.5. The molecule has 0 N–H and O–H groups in total. The summed E-state index contributed by atoms with van der Waals surface area (Å²) < 4.78 is 22.8. The zero-order valence-corrected chi connectivity index (χ0v) is 57.3. The van der Waals surface area contributed by atoms with Crippen LogP contribution in [0.25, 0.3) is 0 Å². The number of piperazine rings is 1. The first-order valence-corrected chi connectivity index (χ1v) is 37.2. The molecule has 0 aromatic rings. The lowest BCUT2D eigenvalue weighted by Crippen LogP contribution is -2.57. The molecule has 502 valence electrons. The van der Waals surface area contributed by atoms with Gasteiger partial charge in [-0.25, -0.2) is 0 Å². The van der Waals surface area contributed by atoms with Crippen molar-refractivity contribution in [2.75, 3.05) is 91.9 Å². The van der Waals surface area contributed by atoms with E-state index in [0.29, 0.717) is 90.4 Å². The van der Waals surface area contributed by atoms with Crippen molar-refractivity contribution >= 4 is 23.9 Å². The molecular weight excluding hydrogens is 1060 g/mol. The number of carbonyl (C=O) groups excluding carboxylic acids is 4. The summed E-state index contributed by atoms with van der Waals surface area (Å²) in [6.45, 7) is 23.6. The van der Waals surface area contributed by atoms with Crippen LogP contribution in [0.4, 0.5) is 0 Å². The number of esters is 4. The molecule has 1 heterocycles. The Hall–Kier alpha value is -2.28. The zero-order valence-electron chi connectivity index (χ0n) is 57.3. The molecule has 0 radical (unpaired) electrons. The van der Waals surface area contributed by atoms with Crippen LogP contribution in [0.1, 0.15) is 343 Å². The average molecular weight is 1200 g/mol. The van der Waals surface area contributed by atoms with E-state index in [1.54, 1.807) is 0 Å². The lowest BCUT2D eigenvalue weighted by Gasteiger charge is -2.45. The normalized spacial score (nSPS) is 14.9. The highest BCUT2D eigenvalue weighted by Crippen LogP contribution is 2.19. The topological polar surface area (TPSA) is 118 Å². The molecule has 0 unspecified atom stereocenters. The predicted molar refractivity (Wildman–Crippen MR) is 358 cm³/mol. The van der Waals surface area contributed by atoms with Crippen molar-refractivity contribution in [2.45, 2.75) is 355 Å². The molecule has 0 aliphatic carbocycles. The fraction of sp³-hybridized carbons (Fsp3) is 0.945. The molecule has 1 aliphatic rings. The standard InChI is InChI=1S/C73H142N4O8/c1-7-11-15-19-23-27-31-35-39-43-47-63-83-71(79)51-59-74(58-50-70(78)82-62-44-40-36-32-28-24-20-16-12-8-2)54-48-56-76-66-68(5)77(69(6)67-76)57-49-55-75(60-52-72(80)84-64-45-41-37-33-29-25-21-17-13-9-3)61-53-73(81)85-65-46-42-38-34-30-26-22-18-14-10-4/h68-69H,7-67H2,1-6H3/t68-,69-/m1/s1. The van der Waals surface area contributed by atoms with E-state index in [2.05, 4.69) is 61.1 Å². The maximum absolute atomic E-state index is 13.0. The van der Waals surface area contributed by atoms with Crippen LogP contribution in [0.5, 0.6) is 0 Å². The fourth-order valence-electron chi connectivity index (χ4n) is 12.3. The van der Waals surface area contributed by atoms with Gasteiger partial charge in [-0.05, 0) is 72.0 Å². The van der Waals surface area contributed by atoms with Crippen molar-refractivity contribution in [3.63, 3.8) is 0 Å². The van der Waals surface area contributed by atoms with Gasteiger partial charge in [0, 0.05) is 57.9 Å². The smallest absolute Gasteiger partial charge is 0.307 e. The van der Waals surface area contributed by atoms with E-state index in [0.717, 1.165) is 103 Å². The lowest BCUT2D eigenvalue weighted by atomic mass is 10.1. The molecular formula is C73H142N4O8. The molecule has 0 saturated carbocycles. The first kappa shape index (κ1) is 80.7. The summed E-state index contributed by atoms with van der Waals surface area (Å²) >= 11 is 0. The molecule has 0 amide bonds. The molecule has 0 aromatic carbocycles. The van der Waals surface area contributed by atoms with Crippen molar-refractivity contribution in [2.24, 2.45) is 0 Å². The van der Waals surface area contributed by atoms with Crippen LogP contribution in [0, 0.1) is 0 Å². The summed E-state index contributed by atoms with van der Waals surface area (Å²) in [5.41, 5.74) is 0. The van der Waals surface area contributed by atoms with Crippen LogP contribution in [0.3, 0.4) is 0 Å². The monoisotopic (exact) mass is 1200 g/mol. The molecule has 0 bridgehead atoms. The third-order valence-electron chi connectivity index (χ3n) is 17.8. The number of ether oxygens (including phenoxy) is 4. The average Bonchev–Trinajstić information content (AvgIpc) is 3.69. The minimum Gasteiger partial charge on any atom is -0.466 e. The Balaban J connectivity index is 2.68. The summed E-state index contributed by atoms with van der Waals surface area (Å²) in [7, 11) is 0. The maximum atomic E-state index is 13.0. The van der Waals surface area contributed by atoms with E-state index in [9.17, 15) is 19.2 Å². The molecule has 0 spiro atoms. The van der Waals surface area contributed by atoms with Gasteiger partial charge in [-0.1, -0.05) is 265 Å². The summed E-state index contributed by atoms with van der Waals surface area (Å²) in [5.74, 6) is -0.569. The molecule has 12 nitrogen and oxygen atoms in total. The van der Waals surface area contributed by atoms with Crippen LogP contribution in [-0.4, -0.2) is 147 Å². The van der Waals surface area contributed by atoms with Crippen LogP contribution in [0.2, 0.25) is 0 Å². The highest BCUT2D eigenvalue weighted by molar-refractivity contribution is 5.71. The van der Waals surface area contributed by atoms with Gasteiger partial charge in [-0.2, -0.15) is 0 Å². The Morgan fingerprint density at radius 3 is 0.741 bits per heavy atom. The minimum absolute atomic E-state index is 0.142. The number of nitrogens with zero attached hydrogens (tertiary/aromatic N) is 4. The van der Waals surface area contributed by atoms with Gasteiger partial charge >= 0.3 is 23.9 Å². The SMILES string of the molecule is CCCCCCCCCCCCCOC(=O)CCN(CCCN1C[C@@H](C)N(CCCN(CCC(=O)OCCCCCCCCCCCC)CCC(=O)OCCCCCCCCCCCC)[C@H](C)C1)CCC(=O)OCCCCCCCCCCCC. The first-order chi connectivity index (χ1) is 41.6. The molecule has 1 saturated heterocycles. The zero-order chi connectivity index (χ0) is 61.7. The van der Waals surface area contributed by atoms with Crippen molar-refractivity contribution in [3.8, 4) is 0 Å². The van der Waals surface area contributed by atoms with Gasteiger partial charge in [-0.15, -0.1) is 0 Å². The molecule has 1 rings (SSSR count). The first-order valence-electron chi connectivity index (χ1n) is 37.2. The number of unbranched alkanes of at least 4 members (excludes halogenated alkanes) is 37. The van der Waals surface area contributed by atoms with E-state index in [1.165, 1.54) is 212 Å². The largest absolute Gasteiger partial charge is 0.466 e. The quantitative estimate of drug-likeness (QED) is 0.0328. The van der Waals surface area contributed by atoms with Crippen molar-refractivity contribution < 1.29 is 38.1 Å². The number of hydrogen-bond donors (Lipinski definition) is 0. The van der Waals surface area contributed by atoms with E-state index in [-0.39, 0.29) is 23.9 Å². The maximum Gasteiger partial charge on any atom is 0.307 e. The number of carbonyl (C=O) groups is 4. The Morgan fingerprint density at radius 1 is 0.294 bits per heavy atom. The van der Waals surface area contributed by atoms with Gasteiger partial charge in [0.25, 0.3) is 0 Å². The van der Waals surface area contributed by atoms with E-state index in [4.69, 9.17) is 18.9 Å². The van der Waals surface area contributed by atoms with Gasteiger partial charge < -0.3 is 33.6 Å². The summed E-state index contributed by atoms with van der Waals surface area (Å²) in [6, 6.07) is 0.769. The van der Waals surface area contributed by atoms with E-state index in [1.807, 2.05) is 0 Å². The molecule has 1 fully saturated rings. The minimum atomic E-state index is -0.143. The van der Waals surface area contributed by atoms with Gasteiger partial charge in [0.1, 0.15) is 0 Å². The van der Waals surface area contributed by atoms with Gasteiger partial charge in [0.2, 0.25) is 0 Å². The Kier molecular flexibility index (Phi) is 58.8. The summed E-state index contributed by atoms with van der Waals surface area (Å²) in [4.78, 5) is 61.6. The molecule has 0 aromatic heterocycles. The second kappa shape index (κ2) is 61.9. The second-order valence-electron chi connectivity index (χ2n) is 26.0. The fourth-order valence-corrected chi connectivity index (χ4v) is 12.3. The Morgan fingerprint density at radius 2 is 0.506 bits per heavy atom. The highest BCUT2D eigenvalue weighted by Gasteiger charge is 2.29. The van der Waals surface area contributed by atoms with Crippen molar-refractivity contribution in [1.82, 2.24) is 19.6 Å². The molecule has 2 atom stereocenters. The van der Waals surface area contributed by atoms with Crippen LogP contribution >= 0.6 is 0 Å². The third kappa shape index (κ3) is 53.3. The van der Waals surface area contributed by atoms with E-state index >= 15 is 0 Å². The van der Waals surface area contributed by atoms with Crippen molar-refractivity contribution in [3.05, 3.63) is 0 Å². The number of hydrogen-bond acceptors (Lipinski definition) is 12. The predicted octanol–water partition coefficient (Wildman–Crippen LogP) is 18.6. The van der Waals surface area contributed by atoms with Gasteiger partial charge in [0.05, 0.1) is 52.1 Å². The third-order valence-corrected chi connectivity index (χ3v) is 17.8. The van der Waals surface area contributed by atoms with Crippen LogP contribution in [-0.2, 0) is 38.1 Å². The van der Waals surface area contributed by atoms with Crippen molar-refractivity contribution in [1.29, 1.82) is 0 Å². The second-order valence-corrected chi connectivity index (χ2v) is 26.0.